The highest BCUT2D eigenvalue weighted by molar-refractivity contribution is 6.34. The van der Waals surface area contributed by atoms with Crippen molar-refractivity contribution in [2.75, 3.05) is 31.1 Å². The Bertz CT molecular complexity index is 884. The SMILES string of the molecule is CCC(Oc1cc(Cl)ccc1Cl)C(=O)N1CCN(c2ccc([N+](=O)[O-])cc2)CC1. The highest BCUT2D eigenvalue weighted by Crippen LogP contribution is 2.29. The summed E-state index contributed by atoms with van der Waals surface area (Å²) in [5.74, 6) is 0.302. The average Bonchev–Trinajstić information content (AvgIpc) is 2.74. The predicted octanol–water partition coefficient (Wildman–Crippen LogP) is 4.41. The van der Waals surface area contributed by atoms with Crippen molar-refractivity contribution in [3.05, 3.63) is 62.6 Å². The fourth-order valence-corrected chi connectivity index (χ4v) is 3.53. The number of hydrogen-bond acceptors (Lipinski definition) is 5. The Kier molecular flexibility index (Phi) is 6.82. The Labute approximate surface area is 178 Å². The number of carbonyl (C=O) groups excluding carboxylic acids is 1. The van der Waals surface area contributed by atoms with E-state index < -0.39 is 11.0 Å². The molecule has 0 aromatic heterocycles. The van der Waals surface area contributed by atoms with E-state index in [-0.39, 0.29) is 11.6 Å². The third kappa shape index (κ3) is 5.10. The molecule has 1 amide bonds. The molecule has 2 aromatic rings. The van der Waals surface area contributed by atoms with Crippen molar-refractivity contribution in [3.8, 4) is 5.75 Å². The molecule has 9 heteroatoms. The van der Waals surface area contributed by atoms with E-state index in [4.69, 9.17) is 27.9 Å². The van der Waals surface area contributed by atoms with Crippen molar-refractivity contribution in [2.45, 2.75) is 19.4 Å². The van der Waals surface area contributed by atoms with E-state index >= 15 is 0 Å². The van der Waals surface area contributed by atoms with Gasteiger partial charge >= 0.3 is 0 Å². The fraction of sp³-hybridized carbons (Fsp3) is 0.350. The van der Waals surface area contributed by atoms with Crippen LogP contribution in [0.2, 0.25) is 10.0 Å². The van der Waals surface area contributed by atoms with Crippen LogP contribution in [0.1, 0.15) is 13.3 Å². The molecular weight excluding hydrogens is 417 g/mol. The monoisotopic (exact) mass is 437 g/mol. The zero-order valence-corrected chi connectivity index (χ0v) is 17.4. The lowest BCUT2D eigenvalue weighted by atomic mass is 10.2. The highest BCUT2D eigenvalue weighted by atomic mass is 35.5. The molecule has 1 heterocycles. The molecule has 2 aromatic carbocycles. The Morgan fingerprint density at radius 1 is 1.14 bits per heavy atom. The third-order valence-corrected chi connectivity index (χ3v) is 5.37. The van der Waals surface area contributed by atoms with Gasteiger partial charge in [-0.3, -0.25) is 14.9 Å². The van der Waals surface area contributed by atoms with E-state index in [0.717, 1.165) is 5.69 Å². The lowest BCUT2D eigenvalue weighted by Crippen LogP contribution is -2.52. The summed E-state index contributed by atoms with van der Waals surface area (Å²) in [6.45, 7) is 4.24. The van der Waals surface area contributed by atoms with Crippen molar-refractivity contribution in [1.29, 1.82) is 0 Å². The number of carbonyl (C=O) groups is 1. The van der Waals surface area contributed by atoms with Crippen molar-refractivity contribution < 1.29 is 14.5 Å². The topological polar surface area (TPSA) is 75.9 Å². The van der Waals surface area contributed by atoms with Gasteiger partial charge in [0.2, 0.25) is 0 Å². The summed E-state index contributed by atoms with van der Waals surface area (Å²) in [4.78, 5) is 27.2. The van der Waals surface area contributed by atoms with Gasteiger partial charge in [0.15, 0.2) is 6.10 Å². The van der Waals surface area contributed by atoms with Crippen molar-refractivity contribution >= 4 is 40.5 Å². The van der Waals surface area contributed by atoms with Crippen LogP contribution in [-0.4, -0.2) is 48.0 Å². The van der Waals surface area contributed by atoms with Crippen LogP contribution in [0, 0.1) is 10.1 Å². The van der Waals surface area contributed by atoms with Crippen LogP contribution in [0.3, 0.4) is 0 Å². The second-order valence-electron chi connectivity index (χ2n) is 6.68. The first-order chi connectivity index (χ1) is 13.9. The molecule has 0 radical (unpaired) electrons. The molecule has 1 atom stereocenters. The van der Waals surface area contributed by atoms with Crippen LogP contribution < -0.4 is 9.64 Å². The molecule has 154 valence electrons. The van der Waals surface area contributed by atoms with Crippen LogP contribution >= 0.6 is 23.2 Å². The average molecular weight is 438 g/mol. The molecule has 1 saturated heterocycles. The van der Waals surface area contributed by atoms with Crippen LogP contribution in [0.25, 0.3) is 0 Å². The quantitative estimate of drug-likeness (QED) is 0.494. The summed E-state index contributed by atoms with van der Waals surface area (Å²) in [6.07, 6.45) is -0.138. The van der Waals surface area contributed by atoms with Crippen LogP contribution in [0.5, 0.6) is 5.75 Å². The van der Waals surface area contributed by atoms with E-state index in [9.17, 15) is 14.9 Å². The Hall–Kier alpha value is -2.51. The van der Waals surface area contributed by atoms with Gasteiger partial charge in [0.05, 0.1) is 9.95 Å². The van der Waals surface area contributed by atoms with E-state index in [1.807, 2.05) is 6.92 Å². The normalized spacial score (nSPS) is 15.1. The molecule has 0 bridgehead atoms. The molecule has 1 aliphatic rings. The summed E-state index contributed by atoms with van der Waals surface area (Å²) in [5, 5.41) is 11.7. The first-order valence-electron chi connectivity index (χ1n) is 9.29. The minimum Gasteiger partial charge on any atom is -0.479 e. The smallest absolute Gasteiger partial charge is 0.269 e. The number of nitro benzene ring substituents is 1. The van der Waals surface area contributed by atoms with E-state index in [1.54, 1.807) is 35.2 Å². The van der Waals surface area contributed by atoms with Crippen molar-refractivity contribution in [2.24, 2.45) is 0 Å². The van der Waals surface area contributed by atoms with Gasteiger partial charge in [-0.15, -0.1) is 0 Å². The van der Waals surface area contributed by atoms with Gasteiger partial charge in [-0.1, -0.05) is 30.1 Å². The maximum absolute atomic E-state index is 12.9. The first-order valence-corrected chi connectivity index (χ1v) is 10.0. The molecule has 1 fully saturated rings. The van der Waals surface area contributed by atoms with Gasteiger partial charge in [-0.2, -0.15) is 0 Å². The van der Waals surface area contributed by atoms with E-state index in [0.29, 0.717) is 48.4 Å². The molecule has 0 spiro atoms. The highest BCUT2D eigenvalue weighted by Gasteiger charge is 2.28. The van der Waals surface area contributed by atoms with Crippen LogP contribution in [-0.2, 0) is 4.79 Å². The van der Waals surface area contributed by atoms with Crippen LogP contribution in [0.4, 0.5) is 11.4 Å². The van der Waals surface area contributed by atoms with Gasteiger partial charge in [0.25, 0.3) is 11.6 Å². The molecule has 29 heavy (non-hydrogen) atoms. The first kappa shape index (κ1) is 21.2. The Morgan fingerprint density at radius 3 is 2.38 bits per heavy atom. The van der Waals surface area contributed by atoms with Gasteiger partial charge in [0, 0.05) is 55.1 Å². The number of ether oxygens (including phenoxy) is 1. The molecule has 1 aliphatic heterocycles. The maximum Gasteiger partial charge on any atom is 0.269 e. The minimum absolute atomic E-state index is 0.0603. The zero-order chi connectivity index (χ0) is 21.0. The number of non-ortho nitro benzene ring substituents is 1. The summed E-state index contributed by atoms with van der Waals surface area (Å²) in [5.41, 5.74) is 0.960. The number of anilines is 1. The molecule has 0 aliphatic carbocycles. The van der Waals surface area contributed by atoms with Crippen molar-refractivity contribution in [3.63, 3.8) is 0 Å². The Balaban J connectivity index is 1.60. The summed E-state index contributed by atoms with van der Waals surface area (Å²) >= 11 is 12.1. The number of halogens is 2. The van der Waals surface area contributed by atoms with Crippen molar-refractivity contribution in [1.82, 2.24) is 4.90 Å². The third-order valence-electron chi connectivity index (χ3n) is 4.83. The largest absolute Gasteiger partial charge is 0.479 e. The molecule has 0 N–H and O–H groups in total. The van der Waals surface area contributed by atoms with Crippen LogP contribution in [0.15, 0.2) is 42.5 Å². The maximum atomic E-state index is 12.9. The van der Waals surface area contributed by atoms with Gasteiger partial charge in [0.1, 0.15) is 5.75 Å². The number of benzene rings is 2. The lowest BCUT2D eigenvalue weighted by molar-refractivity contribution is -0.384. The fourth-order valence-electron chi connectivity index (χ4n) is 3.20. The van der Waals surface area contributed by atoms with Gasteiger partial charge in [-0.05, 0) is 30.7 Å². The number of hydrogen-bond donors (Lipinski definition) is 0. The summed E-state index contributed by atoms with van der Waals surface area (Å²) in [7, 11) is 0. The lowest BCUT2D eigenvalue weighted by Gasteiger charge is -2.37. The summed E-state index contributed by atoms with van der Waals surface area (Å²) in [6, 6.07) is 11.3. The minimum atomic E-state index is -0.642. The molecule has 7 nitrogen and oxygen atoms in total. The Morgan fingerprint density at radius 2 is 1.79 bits per heavy atom. The molecule has 3 rings (SSSR count). The van der Waals surface area contributed by atoms with Gasteiger partial charge < -0.3 is 14.5 Å². The van der Waals surface area contributed by atoms with Gasteiger partial charge in [-0.25, -0.2) is 0 Å². The zero-order valence-electron chi connectivity index (χ0n) is 15.9. The number of nitrogens with zero attached hydrogens (tertiary/aromatic N) is 3. The molecule has 0 saturated carbocycles. The molecule has 1 unspecified atom stereocenters. The number of nitro groups is 1. The second kappa shape index (κ2) is 9.33. The van der Waals surface area contributed by atoms with E-state index in [2.05, 4.69) is 4.90 Å². The van der Waals surface area contributed by atoms with E-state index in [1.165, 1.54) is 12.1 Å². The predicted molar refractivity (Wildman–Crippen MR) is 113 cm³/mol. The summed E-state index contributed by atoms with van der Waals surface area (Å²) < 4.78 is 5.85. The second-order valence-corrected chi connectivity index (χ2v) is 7.52. The number of rotatable bonds is 6. The standard InChI is InChI=1S/C20H21Cl2N3O4/c1-2-18(29-19-13-14(21)3-8-17(19)22)20(26)24-11-9-23(10-12-24)15-4-6-16(7-5-15)25(27)28/h3-8,13,18H,2,9-12H2,1H3. The number of piperazine rings is 1. The number of amides is 1. The molecular formula is C20H21Cl2N3O4.